The topological polar surface area (TPSA) is 49.4 Å². The molecule has 1 heterocycles. The molecule has 1 unspecified atom stereocenters. The summed E-state index contributed by atoms with van der Waals surface area (Å²) in [6, 6.07) is 14.1. The molecule has 4 nitrogen and oxygen atoms in total. The lowest BCUT2D eigenvalue weighted by Gasteiger charge is -2.36. The number of nitrogens with zero attached hydrogens (tertiary/aromatic N) is 1. The van der Waals surface area contributed by atoms with Crippen molar-refractivity contribution in [3.8, 4) is 0 Å². The lowest BCUT2D eigenvalue weighted by Crippen LogP contribution is -2.41. The molecule has 0 bridgehead atoms. The Labute approximate surface area is 153 Å². The summed E-state index contributed by atoms with van der Waals surface area (Å²) in [5.41, 5.74) is 3.23. The van der Waals surface area contributed by atoms with Gasteiger partial charge >= 0.3 is 0 Å². The van der Waals surface area contributed by atoms with Gasteiger partial charge in [-0.2, -0.15) is 0 Å². The first-order chi connectivity index (χ1) is 12.5. The second kappa shape index (κ2) is 8.13. The summed E-state index contributed by atoms with van der Waals surface area (Å²) in [6.07, 6.45) is 1.71. The monoisotopic (exact) mass is 354 g/mol. The van der Waals surface area contributed by atoms with Gasteiger partial charge in [-0.1, -0.05) is 36.4 Å². The van der Waals surface area contributed by atoms with Gasteiger partial charge in [-0.15, -0.1) is 0 Å². The van der Waals surface area contributed by atoms with E-state index in [0.717, 1.165) is 17.5 Å². The highest BCUT2D eigenvalue weighted by atomic mass is 19.1. The third-order valence-corrected chi connectivity index (χ3v) is 4.84. The van der Waals surface area contributed by atoms with E-state index in [0.29, 0.717) is 19.5 Å². The number of amides is 2. The molecule has 2 amide bonds. The van der Waals surface area contributed by atoms with Crippen molar-refractivity contribution in [3.05, 3.63) is 71.0 Å². The molecule has 1 aliphatic heterocycles. The van der Waals surface area contributed by atoms with Gasteiger partial charge in [-0.25, -0.2) is 4.39 Å². The third-order valence-electron chi connectivity index (χ3n) is 4.84. The SMILES string of the molecule is CC(=O)N1CCc2ccccc2C1CC(=O)NCCc1ccc(F)cc1. The number of hydrogen-bond acceptors (Lipinski definition) is 2. The Bertz CT molecular complexity index is 789. The van der Waals surface area contributed by atoms with Crippen molar-refractivity contribution in [1.82, 2.24) is 10.2 Å². The molecule has 5 heteroatoms. The Morgan fingerprint density at radius 1 is 1.15 bits per heavy atom. The molecule has 0 spiro atoms. The number of rotatable bonds is 5. The van der Waals surface area contributed by atoms with Crippen LogP contribution in [0.4, 0.5) is 4.39 Å². The van der Waals surface area contributed by atoms with E-state index >= 15 is 0 Å². The van der Waals surface area contributed by atoms with E-state index in [-0.39, 0.29) is 30.1 Å². The van der Waals surface area contributed by atoms with Crippen LogP contribution >= 0.6 is 0 Å². The lowest BCUT2D eigenvalue weighted by molar-refractivity contribution is -0.133. The number of carbonyl (C=O) groups is 2. The van der Waals surface area contributed by atoms with Gasteiger partial charge in [-0.05, 0) is 41.7 Å². The largest absolute Gasteiger partial charge is 0.356 e. The van der Waals surface area contributed by atoms with Crippen molar-refractivity contribution >= 4 is 11.8 Å². The van der Waals surface area contributed by atoms with Gasteiger partial charge in [0.15, 0.2) is 0 Å². The molecule has 1 atom stereocenters. The normalized spacial score (nSPS) is 16.1. The van der Waals surface area contributed by atoms with Crippen molar-refractivity contribution in [2.45, 2.75) is 32.2 Å². The Balaban J connectivity index is 1.61. The molecule has 3 rings (SSSR count). The van der Waals surface area contributed by atoms with E-state index in [9.17, 15) is 14.0 Å². The van der Waals surface area contributed by atoms with Gasteiger partial charge in [0.25, 0.3) is 0 Å². The highest BCUT2D eigenvalue weighted by Gasteiger charge is 2.30. The molecule has 0 radical (unpaired) electrons. The van der Waals surface area contributed by atoms with Crippen LogP contribution in [0.25, 0.3) is 0 Å². The van der Waals surface area contributed by atoms with Crippen LogP contribution in [0.2, 0.25) is 0 Å². The first-order valence-corrected chi connectivity index (χ1v) is 8.91. The van der Waals surface area contributed by atoms with Gasteiger partial charge in [-0.3, -0.25) is 9.59 Å². The van der Waals surface area contributed by atoms with Gasteiger partial charge in [0, 0.05) is 20.0 Å². The van der Waals surface area contributed by atoms with Crippen molar-refractivity contribution in [2.75, 3.05) is 13.1 Å². The zero-order valence-electron chi connectivity index (χ0n) is 14.9. The van der Waals surface area contributed by atoms with Crippen LogP contribution < -0.4 is 5.32 Å². The smallest absolute Gasteiger partial charge is 0.222 e. The molecular weight excluding hydrogens is 331 g/mol. The van der Waals surface area contributed by atoms with Crippen LogP contribution in [0.5, 0.6) is 0 Å². The van der Waals surface area contributed by atoms with Gasteiger partial charge in [0.1, 0.15) is 5.82 Å². The molecule has 0 saturated carbocycles. The molecule has 26 heavy (non-hydrogen) atoms. The minimum absolute atomic E-state index is 0.0105. The van der Waals surface area contributed by atoms with Crippen LogP contribution in [0, 0.1) is 5.82 Å². The summed E-state index contributed by atoms with van der Waals surface area (Å²) in [5.74, 6) is -0.359. The fourth-order valence-corrected chi connectivity index (χ4v) is 3.49. The Kier molecular flexibility index (Phi) is 5.66. The number of hydrogen-bond donors (Lipinski definition) is 1. The lowest BCUT2D eigenvalue weighted by atomic mass is 9.90. The molecule has 2 aromatic rings. The van der Waals surface area contributed by atoms with E-state index in [1.165, 1.54) is 17.7 Å². The summed E-state index contributed by atoms with van der Waals surface area (Å²) in [4.78, 5) is 26.2. The fourth-order valence-electron chi connectivity index (χ4n) is 3.49. The second-order valence-electron chi connectivity index (χ2n) is 6.61. The summed E-state index contributed by atoms with van der Waals surface area (Å²) >= 11 is 0. The number of halogens is 1. The summed E-state index contributed by atoms with van der Waals surface area (Å²) in [7, 11) is 0. The van der Waals surface area contributed by atoms with Crippen LogP contribution in [-0.4, -0.2) is 29.8 Å². The van der Waals surface area contributed by atoms with Crippen molar-refractivity contribution in [1.29, 1.82) is 0 Å². The zero-order valence-corrected chi connectivity index (χ0v) is 14.9. The summed E-state index contributed by atoms with van der Waals surface area (Å²) in [6.45, 7) is 2.67. The van der Waals surface area contributed by atoms with Gasteiger partial charge in [0.2, 0.25) is 11.8 Å². The predicted molar refractivity (Wildman–Crippen MR) is 98.0 cm³/mol. The van der Waals surface area contributed by atoms with Crippen molar-refractivity contribution < 1.29 is 14.0 Å². The molecule has 0 aliphatic carbocycles. The number of carbonyl (C=O) groups excluding carboxylic acids is 2. The van der Waals surface area contributed by atoms with Crippen LogP contribution in [0.1, 0.15) is 36.1 Å². The first-order valence-electron chi connectivity index (χ1n) is 8.91. The van der Waals surface area contributed by atoms with E-state index in [1.807, 2.05) is 18.2 Å². The number of benzene rings is 2. The molecule has 0 aromatic heterocycles. The van der Waals surface area contributed by atoms with Crippen LogP contribution in [0.3, 0.4) is 0 Å². The number of fused-ring (bicyclic) bond motifs is 1. The maximum atomic E-state index is 12.9. The second-order valence-corrected chi connectivity index (χ2v) is 6.61. The Morgan fingerprint density at radius 2 is 1.88 bits per heavy atom. The maximum absolute atomic E-state index is 12.9. The minimum Gasteiger partial charge on any atom is -0.356 e. The predicted octanol–water partition coefficient (Wildman–Crippen LogP) is 3.02. The van der Waals surface area contributed by atoms with E-state index in [1.54, 1.807) is 24.0 Å². The first kappa shape index (κ1) is 18.1. The highest BCUT2D eigenvalue weighted by Crippen LogP contribution is 2.32. The molecule has 0 saturated heterocycles. The van der Waals surface area contributed by atoms with E-state index in [4.69, 9.17) is 0 Å². The van der Waals surface area contributed by atoms with Crippen LogP contribution in [0.15, 0.2) is 48.5 Å². The molecule has 1 N–H and O–H groups in total. The van der Waals surface area contributed by atoms with Crippen molar-refractivity contribution in [3.63, 3.8) is 0 Å². The van der Waals surface area contributed by atoms with Crippen molar-refractivity contribution in [2.24, 2.45) is 0 Å². The molecule has 2 aromatic carbocycles. The quantitative estimate of drug-likeness (QED) is 0.897. The zero-order chi connectivity index (χ0) is 18.5. The average molecular weight is 354 g/mol. The summed E-state index contributed by atoms with van der Waals surface area (Å²) in [5, 5.41) is 2.91. The Hall–Kier alpha value is -2.69. The Morgan fingerprint density at radius 3 is 2.62 bits per heavy atom. The maximum Gasteiger partial charge on any atom is 0.222 e. The van der Waals surface area contributed by atoms with E-state index in [2.05, 4.69) is 11.4 Å². The molecule has 0 fully saturated rings. The average Bonchev–Trinajstić information content (AvgIpc) is 2.63. The highest BCUT2D eigenvalue weighted by molar-refractivity contribution is 5.79. The molecule has 1 aliphatic rings. The van der Waals surface area contributed by atoms with Gasteiger partial charge < -0.3 is 10.2 Å². The van der Waals surface area contributed by atoms with E-state index < -0.39 is 0 Å². The van der Waals surface area contributed by atoms with Crippen LogP contribution in [-0.2, 0) is 22.4 Å². The van der Waals surface area contributed by atoms with Gasteiger partial charge in [0.05, 0.1) is 12.5 Å². The molecule has 136 valence electrons. The standard InChI is InChI=1S/C21H23FN2O2/c1-15(25)24-13-11-17-4-2-3-5-19(17)20(24)14-21(26)23-12-10-16-6-8-18(22)9-7-16/h2-9,20H,10-14H2,1H3,(H,23,26). The summed E-state index contributed by atoms with van der Waals surface area (Å²) < 4.78 is 12.9. The fraction of sp³-hybridized carbons (Fsp3) is 0.333. The third kappa shape index (κ3) is 4.28. The minimum atomic E-state index is -0.266. The molecular formula is C21H23FN2O2. The number of nitrogens with one attached hydrogen (secondary N) is 1.